The molecule has 1 rings (SSSR count). The van der Waals surface area contributed by atoms with Gasteiger partial charge in [-0.05, 0) is 34.1 Å². The van der Waals surface area contributed by atoms with Crippen LogP contribution in [0, 0.1) is 10.1 Å². The Bertz CT molecular complexity index is 395. The smallest absolute Gasteiger partial charge is 0.269 e. The molecule has 2 atom stereocenters. The fourth-order valence-electron chi connectivity index (χ4n) is 2.00. The Hall–Kier alpha value is -1.31. The van der Waals surface area contributed by atoms with Crippen LogP contribution in [0.2, 0.25) is 0 Å². The summed E-state index contributed by atoms with van der Waals surface area (Å²) in [7, 11) is 5.35. The van der Waals surface area contributed by atoms with Gasteiger partial charge in [-0.25, -0.2) is 4.39 Å². The minimum Gasteiger partial charge on any atom is -0.322 e. The maximum absolute atomic E-state index is 14.2. The van der Waals surface area contributed by atoms with Gasteiger partial charge in [0.25, 0.3) is 5.70 Å². The zero-order chi connectivity index (χ0) is 13.9. The molecular weight excluding hydrogens is 239 g/mol. The first-order chi connectivity index (χ1) is 8.33. The van der Waals surface area contributed by atoms with E-state index in [0.29, 0.717) is 13.0 Å². The predicted molar refractivity (Wildman–Crippen MR) is 67.2 cm³/mol. The third-order valence-electron chi connectivity index (χ3n) is 3.23. The Kier molecular flexibility index (Phi) is 4.55. The Morgan fingerprint density at radius 3 is 2.67 bits per heavy atom. The molecule has 18 heavy (non-hydrogen) atoms. The van der Waals surface area contributed by atoms with Crippen LogP contribution in [0.3, 0.4) is 0 Å². The van der Waals surface area contributed by atoms with Crippen LogP contribution in [0.5, 0.6) is 0 Å². The van der Waals surface area contributed by atoms with Crippen molar-refractivity contribution < 1.29 is 9.31 Å². The molecule has 3 N–H and O–H groups in total. The summed E-state index contributed by atoms with van der Waals surface area (Å²) in [6.07, 6.45) is 2.66. The van der Waals surface area contributed by atoms with Crippen molar-refractivity contribution in [1.29, 1.82) is 0 Å². The van der Waals surface area contributed by atoms with Crippen molar-refractivity contribution in [2.75, 3.05) is 27.7 Å². The number of likely N-dealkylation sites (N-methyl/N-ethyl adjacent to an activating group) is 1. The van der Waals surface area contributed by atoms with Crippen molar-refractivity contribution in [2.45, 2.75) is 18.0 Å². The van der Waals surface area contributed by atoms with Crippen molar-refractivity contribution in [3.05, 3.63) is 33.8 Å². The quantitative estimate of drug-likeness (QED) is 0.545. The normalized spacial score (nSPS) is 28.0. The molecule has 102 valence electrons. The molecular formula is C11H19FN4O2. The minimum absolute atomic E-state index is 0.296. The van der Waals surface area contributed by atoms with Gasteiger partial charge in [0.15, 0.2) is 0 Å². The van der Waals surface area contributed by atoms with Gasteiger partial charge in [0.1, 0.15) is 5.83 Å². The van der Waals surface area contributed by atoms with Gasteiger partial charge in [-0.3, -0.25) is 10.1 Å². The second-order valence-electron chi connectivity index (χ2n) is 4.64. The van der Waals surface area contributed by atoms with Crippen molar-refractivity contribution in [3.8, 4) is 0 Å². The Morgan fingerprint density at radius 1 is 1.67 bits per heavy atom. The molecule has 0 saturated heterocycles. The fourth-order valence-corrected chi connectivity index (χ4v) is 2.00. The van der Waals surface area contributed by atoms with E-state index in [4.69, 9.17) is 5.73 Å². The Labute approximate surface area is 105 Å². The van der Waals surface area contributed by atoms with Crippen LogP contribution in [0.1, 0.15) is 6.42 Å². The SMILES string of the molecule is CNC1(CCN(C)C)C(F)=CC([N+](=O)[O-])=CC1N. The number of nitrogens with two attached hydrogens (primary N) is 1. The Morgan fingerprint density at radius 2 is 2.28 bits per heavy atom. The van der Waals surface area contributed by atoms with E-state index >= 15 is 0 Å². The van der Waals surface area contributed by atoms with Crippen molar-refractivity contribution in [2.24, 2.45) is 5.73 Å². The van der Waals surface area contributed by atoms with E-state index in [1.807, 2.05) is 19.0 Å². The molecule has 0 radical (unpaired) electrons. The summed E-state index contributed by atoms with van der Waals surface area (Å²) < 4.78 is 14.2. The maximum Gasteiger partial charge on any atom is 0.269 e. The molecule has 1 aliphatic carbocycles. The molecule has 6 nitrogen and oxygen atoms in total. The van der Waals surface area contributed by atoms with Gasteiger partial charge in [-0.1, -0.05) is 0 Å². The van der Waals surface area contributed by atoms with E-state index in [9.17, 15) is 14.5 Å². The summed E-state index contributed by atoms with van der Waals surface area (Å²) in [6.45, 7) is 0.622. The monoisotopic (exact) mass is 258 g/mol. The second-order valence-corrected chi connectivity index (χ2v) is 4.64. The predicted octanol–water partition coefficient (Wildman–Crippen LogP) is 0.251. The maximum atomic E-state index is 14.2. The van der Waals surface area contributed by atoms with E-state index in [1.54, 1.807) is 7.05 Å². The molecule has 2 unspecified atom stereocenters. The summed E-state index contributed by atoms with van der Waals surface area (Å²) in [5.74, 6) is -0.589. The topological polar surface area (TPSA) is 84.4 Å². The first-order valence-electron chi connectivity index (χ1n) is 5.66. The lowest BCUT2D eigenvalue weighted by Gasteiger charge is -2.38. The zero-order valence-corrected chi connectivity index (χ0v) is 10.8. The molecule has 0 heterocycles. The lowest BCUT2D eigenvalue weighted by atomic mass is 9.81. The van der Waals surface area contributed by atoms with Gasteiger partial charge in [0.05, 0.1) is 16.5 Å². The highest BCUT2D eigenvalue weighted by atomic mass is 19.1. The molecule has 0 bridgehead atoms. The second kappa shape index (κ2) is 5.55. The van der Waals surface area contributed by atoms with E-state index in [2.05, 4.69) is 5.32 Å². The van der Waals surface area contributed by atoms with Crippen molar-refractivity contribution >= 4 is 0 Å². The highest BCUT2D eigenvalue weighted by Crippen LogP contribution is 2.31. The van der Waals surface area contributed by atoms with Gasteiger partial charge >= 0.3 is 0 Å². The molecule has 1 aliphatic rings. The largest absolute Gasteiger partial charge is 0.322 e. The van der Waals surface area contributed by atoms with Gasteiger partial charge in [-0.15, -0.1) is 0 Å². The molecule has 0 aromatic heterocycles. The van der Waals surface area contributed by atoms with Crippen LogP contribution < -0.4 is 11.1 Å². The molecule has 0 spiro atoms. The summed E-state index contributed by atoms with van der Waals surface area (Å²) in [5.41, 5.74) is 4.53. The van der Waals surface area contributed by atoms with Crippen molar-refractivity contribution in [3.63, 3.8) is 0 Å². The molecule has 0 saturated carbocycles. The minimum atomic E-state index is -1.07. The number of allylic oxidation sites excluding steroid dienone is 1. The molecule has 0 amide bonds. The van der Waals surface area contributed by atoms with E-state index in [0.717, 1.165) is 6.08 Å². The third-order valence-corrected chi connectivity index (χ3v) is 3.23. The lowest BCUT2D eigenvalue weighted by molar-refractivity contribution is -0.420. The summed E-state index contributed by atoms with van der Waals surface area (Å²) >= 11 is 0. The standard InChI is InChI=1S/C11H19FN4O2/c1-14-11(4-5-15(2)3)9(12)6-8(16(17)18)7-10(11)13/h6-7,10,14H,4-5,13H2,1-3H3. The molecule has 0 aromatic rings. The first kappa shape index (κ1) is 14.7. The zero-order valence-electron chi connectivity index (χ0n) is 10.8. The number of halogens is 1. The highest BCUT2D eigenvalue weighted by molar-refractivity contribution is 5.34. The van der Waals surface area contributed by atoms with E-state index < -0.39 is 22.3 Å². The average Bonchev–Trinajstić information content (AvgIpc) is 2.28. The molecule has 0 aliphatic heterocycles. The fraction of sp³-hybridized carbons (Fsp3) is 0.636. The van der Waals surface area contributed by atoms with Crippen LogP contribution in [-0.2, 0) is 0 Å². The van der Waals surface area contributed by atoms with Gasteiger partial charge < -0.3 is 16.0 Å². The van der Waals surface area contributed by atoms with Crippen LogP contribution >= 0.6 is 0 Å². The Balaban J connectivity index is 3.01. The van der Waals surface area contributed by atoms with E-state index in [-0.39, 0.29) is 5.70 Å². The number of hydrogen-bond acceptors (Lipinski definition) is 5. The molecule has 0 aromatic carbocycles. The number of hydrogen-bond donors (Lipinski definition) is 2. The third kappa shape index (κ3) is 2.74. The average molecular weight is 258 g/mol. The number of nitrogens with zero attached hydrogens (tertiary/aromatic N) is 2. The van der Waals surface area contributed by atoms with Crippen LogP contribution in [0.4, 0.5) is 4.39 Å². The highest BCUT2D eigenvalue weighted by Gasteiger charge is 2.43. The number of nitrogens with one attached hydrogen (secondary N) is 1. The van der Waals surface area contributed by atoms with Crippen molar-refractivity contribution in [1.82, 2.24) is 10.2 Å². The summed E-state index contributed by atoms with van der Waals surface area (Å²) in [6, 6.07) is -0.771. The molecule has 7 heteroatoms. The first-order valence-corrected chi connectivity index (χ1v) is 5.66. The lowest BCUT2D eigenvalue weighted by Crippen LogP contribution is -2.59. The number of rotatable bonds is 5. The van der Waals surface area contributed by atoms with Crippen LogP contribution in [0.25, 0.3) is 0 Å². The summed E-state index contributed by atoms with van der Waals surface area (Å²) in [4.78, 5) is 11.9. The molecule has 0 fully saturated rings. The van der Waals surface area contributed by atoms with Crippen LogP contribution in [-0.4, -0.2) is 49.1 Å². The van der Waals surface area contributed by atoms with Gasteiger partial charge in [0, 0.05) is 12.2 Å². The van der Waals surface area contributed by atoms with Crippen LogP contribution in [0.15, 0.2) is 23.7 Å². The number of nitro groups is 1. The van der Waals surface area contributed by atoms with E-state index in [1.165, 1.54) is 6.08 Å². The summed E-state index contributed by atoms with van der Waals surface area (Å²) in [5, 5.41) is 13.5. The van der Waals surface area contributed by atoms with Gasteiger partial charge in [-0.2, -0.15) is 0 Å². The van der Waals surface area contributed by atoms with Gasteiger partial charge in [0.2, 0.25) is 0 Å².